The van der Waals surface area contributed by atoms with Crippen LogP contribution in [0.1, 0.15) is 30.9 Å². The van der Waals surface area contributed by atoms with Crippen LogP contribution in [0.25, 0.3) is 11.3 Å². The lowest BCUT2D eigenvalue weighted by molar-refractivity contribution is 0.0540. The molecule has 7 heteroatoms. The van der Waals surface area contributed by atoms with Crippen molar-refractivity contribution < 1.29 is 9.90 Å². The predicted molar refractivity (Wildman–Crippen MR) is 104 cm³/mol. The molecule has 1 N–H and O–H groups in total. The Hall–Kier alpha value is -2.93. The van der Waals surface area contributed by atoms with E-state index >= 15 is 0 Å². The Morgan fingerprint density at radius 3 is 2.79 bits per heavy atom. The molecule has 3 aromatic rings. The third-order valence-electron chi connectivity index (χ3n) is 6.14. The number of aliphatic hydroxyl groups excluding tert-OH is 1. The van der Waals surface area contributed by atoms with E-state index in [0.717, 1.165) is 18.5 Å². The number of aromatic nitrogens is 4. The molecule has 2 aliphatic heterocycles. The maximum Gasteiger partial charge on any atom is 0.329 e. The molecule has 1 aromatic carbocycles. The van der Waals surface area contributed by atoms with Crippen LogP contribution in [-0.4, -0.2) is 54.3 Å². The van der Waals surface area contributed by atoms with Gasteiger partial charge in [-0.3, -0.25) is 4.57 Å². The topological polar surface area (TPSA) is 76.2 Å². The summed E-state index contributed by atoms with van der Waals surface area (Å²) in [4.78, 5) is 22.5. The summed E-state index contributed by atoms with van der Waals surface area (Å²) in [7, 11) is 0. The van der Waals surface area contributed by atoms with E-state index in [0.29, 0.717) is 19.5 Å². The van der Waals surface area contributed by atoms with E-state index in [9.17, 15) is 9.90 Å². The minimum Gasteiger partial charge on any atom is -0.393 e. The van der Waals surface area contributed by atoms with Gasteiger partial charge >= 0.3 is 6.03 Å². The average molecular weight is 377 g/mol. The molecule has 0 radical (unpaired) electrons. The molecule has 0 spiro atoms. The number of likely N-dealkylation sites (tertiary alicyclic amines) is 1. The van der Waals surface area contributed by atoms with Crippen LogP contribution < -0.4 is 0 Å². The van der Waals surface area contributed by atoms with E-state index in [2.05, 4.69) is 32.7 Å². The van der Waals surface area contributed by atoms with Crippen molar-refractivity contribution in [3.63, 3.8) is 0 Å². The molecular formula is C21H23N5O2. The number of aliphatic hydroxyl groups is 1. The van der Waals surface area contributed by atoms with Gasteiger partial charge in [0.25, 0.3) is 0 Å². The van der Waals surface area contributed by atoms with Crippen LogP contribution in [0.2, 0.25) is 0 Å². The van der Waals surface area contributed by atoms with Gasteiger partial charge in [0, 0.05) is 31.0 Å². The molecule has 0 bridgehead atoms. The second-order valence-electron chi connectivity index (χ2n) is 7.67. The second kappa shape index (κ2) is 6.91. The molecule has 1 saturated heterocycles. The fraction of sp³-hybridized carbons (Fsp3) is 0.381. The molecule has 5 rings (SSSR count). The first-order chi connectivity index (χ1) is 13.7. The molecule has 1 unspecified atom stereocenters. The van der Waals surface area contributed by atoms with Crippen molar-refractivity contribution in [3.8, 4) is 11.3 Å². The van der Waals surface area contributed by atoms with E-state index < -0.39 is 6.10 Å². The summed E-state index contributed by atoms with van der Waals surface area (Å²) < 4.78 is 3.68. The van der Waals surface area contributed by atoms with E-state index in [4.69, 9.17) is 0 Å². The number of benzene rings is 1. The molecule has 144 valence electrons. The van der Waals surface area contributed by atoms with E-state index in [1.165, 1.54) is 22.0 Å². The van der Waals surface area contributed by atoms with E-state index in [-0.39, 0.29) is 18.0 Å². The van der Waals surface area contributed by atoms with Crippen LogP contribution >= 0.6 is 0 Å². The zero-order valence-electron chi connectivity index (χ0n) is 15.6. The number of hydrogen-bond acceptors (Lipinski definition) is 4. The lowest BCUT2D eigenvalue weighted by Crippen LogP contribution is -2.43. The quantitative estimate of drug-likeness (QED) is 0.761. The Balaban J connectivity index is 1.25. The number of piperidine rings is 1. The average Bonchev–Trinajstić information content (AvgIpc) is 3.47. The first kappa shape index (κ1) is 17.2. The van der Waals surface area contributed by atoms with Gasteiger partial charge < -0.3 is 14.6 Å². The van der Waals surface area contributed by atoms with Crippen LogP contribution in [0.15, 0.2) is 55.5 Å². The highest BCUT2D eigenvalue weighted by Gasteiger charge is 2.34. The number of imidazole rings is 2. The Bertz CT molecular complexity index is 972. The summed E-state index contributed by atoms with van der Waals surface area (Å²) in [5.74, 6) is 0.201. The van der Waals surface area contributed by atoms with Gasteiger partial charge in [0.05, 0.1) is 30.4 Å². The normalized spacial score (nSPS) is 20.0. The molecule has 0 aliphatic carbocycles. The van der Waals surface area contributed by atoms with Gasteiger partial charge in [-0.15, -0.1) is 0 Å². The van der Waals surface area contributed by atoms with Crippen molar-refractivity contribution in [1.29, 1.82) is 0 Å². The molecule has 2 aromatic heterocycles. The lowest BCUT2D eigenvalue weighted by atomic mass is 9.86. The Labute approximate surface area is 163 Å². The Morgan fingerprint density at radius 2 is 2.00 bits per heavy atom. The van der Waals surface area contributed by atoms with Gasteiger partial charge in [-0.25, -0.2) is 14.8 Å². The van der Waals surface area contributed by atoms with Crippen LogP contribution in [0.5, 0.6) is 0 Å². The number of amides is 1. The minimum atomic E-state index is -0.406. The van der Waals surface area contributed by atoms with E-state index in [1.54, 1.807) is 12.4 Å². The minimum absolute atomic E-state index is 0.0433. The van der Waals surface area contributed by atoms with Crippen LogP contribution in [-0.2, 0) is 0 Å². The number of carbonyl (C=O) groups excluding carboxylic acids is 1. The highest BCUT2D eigenvalue weighted by atomic mass is 16.3. The third-order valence-corrected chi connectivity index (χ3v) is 6.14. The van der Waals surface area contributed by atoms with Gasteiger partial charge in [0.1, 0.15) is 6.33 Å². The number of nitrogens with zero attached hydrogens (tertiary/aromatic N) is 5. The van der Waals surface area contributed by atoms with Crippen molar-refractivity contribution in [3.05, 3.63) is 61.1 Å². The summed E-state index contributed by atoms with van der Waals surface area (Å²) in [6.45, 7) is 1.33. The smallest absolute Gasteiger partial charge is 0.329 e. The Kier molecular flexibility index (Phi) is 4.24. The standard InChI is InChI=1S/C21H23N5O2/c27-20(15-5-8-24(9-6-15)21(28)25-10-7-22-13-25)11-18-16-3-1-2-4-17(16)19-12-23-14-26(18)19/h1-4,7,10,12-15,18,20,27H,5-6,8-9,11H2/t18-,20?/m0/s1. The van der Waals surface area contributed by atoms with Crippen LogP contribution in [0.4, 0.5) is 4.79 Å². The van der Waals surface area contributed by atoms with Crippen LogP contribution in [0, 0.1) is 5.92 Å². The van der Waals surface area contributed by atoms with Gasteiger partial charge in [-0.1, -0.05) is 24.3 Å². The van der Waals surface area contributed by atoms with Gasteiger partial charge in [-0.2, -0.15) is 0 Å². The number of hydrogen-bond donors (Lipinski definition) is 1. The van der Waals surface area contributed by atoms with Gasteiger partial charge in [0.2, 0.25) is 0 Å². The first-order valence-electron chi connectivity index (χ1n) is 9.79. The monoisotopic (exact) mass is 377 g/mol. The highest BCUT2D eigenvalue weighted by Crippen LogP contribution is 2.42. The molecule has 0 saturated carbocycles. The predicted octanol–water partition coefficient (Wildman–Crippen LogP) is 2.78. The second-order valence-corrected chi connectivity index (χ2v) is 7.67. The van der Waals surface area contributed by atoms with Crippen molar-refractivity contribution in [2.75, 3.05) is 13.1 Å². The summed E-state index contributed by atoms with van der Waals surface area (Å²) >= 11 is 0. The zero-order valence-corrected chi connectivity index (χ0v) is 15.6. The number of fused-ring (bicyclic) bond motifs is 3. The number of carbonyl (C=O) groups is 1. The van der Waals surface area contributed by atoms with Crippen LogP contribution in [0.3, 0.4) is 0 Å². The van der Waals surface area contributed by atoms with Crippen molar-refractivity contribution in [1.82, 2.24) is 24.0 Å². The summed E-state index contributed by atoms with van der Waals surface area (Å²) in [5, 5.41) is 11.0. The van der Waals surface area contributed by atoms with Crippen molar-refractivity contribution >= 4 is 6.03 Å². The number of rotatable bonds is 3. The van der Waals surface area contributed by atoms with Crippen molar-refractivity contribution in [2.45, 2.75) is 31.4 Å². The first-order valence-corrected chi connectivity index (χ1v) is 9.79. The summed E-state index contributed by atoms with van der Waals surface area (Å²) in [6, 6.07) is 8.44. The maximum absolute atomic E-state index is 12.4. The van der Waals surface area contributed by atoms with Gasteiger partial charge in [-0.05, 0) is 30.7 Å². The Morgan fingerprint density at radius 1 is 1.18 bits per heavy atom. The molecule has 7 nitrogen and oxygen atoms in total. The fourth-order valence-electron chi connectivity index (χ4n) is 4.61. The SMILES string of the molecule is O=C(N1CCC(C(O)C[C@H]2c3ccccc3-c3cncn32)CC1)n1ccnc1. The molecule has 1 amide bonds. The molecule has 2 aliphatic rings. The molecule has 2 atom stereocenters. The summed E-state index contributed by atoms with van der Waals surface area (Å²) in [5.41, 5.74) is 3.58. The van der Waals surface area contributed by atoms with E-state index in [1.807, 2.05) is 23.5 Å². The van der Waals surface area contributed by atoms with Gasteiger partial charge in [0.15, 0.2) is 0 Å². The highest BCUT2D eigenvalue weighted by molar-refractivity contribution is 5.76. The summed E-state index contributed by atoms with van der Waals surface area (Å²) in [6.07, 6.45) is 10.5. The molecule has 1 fully saturated rings. The van der Waals surface area contributed by atoms with Crippen molar-refractivity contribution in [2.24, 2.45) is 5.92 Å². The maximum atomic E-state index is 12.4. The molecular weight excluding hydrogens is 354 g/mol. The largest absolute Gasteiger partial charge is 0.393 e. The molecule has 28 heavy (non-hydrogen) atoms. The third kappa shape index (κ3) is 2.82. The molecule has 4 heterocycles. The lowest BCUT2D eigenvalue weighted by Gasteiger charge is -2.35. The fourth-order valence-corrected chi connectivity index (χ4v) is 4.61. The zero-order chi connectivity index (χ0) is 19.1.